The van der Waals surface area contributed by atoms with E-state index in [9.17, 15) is 19.8 Å². The van der Waals surface area contributed by atoms with E-state index in [1.165, 1.54) is 17.5 Å². The van der Waals surface area contributed by atoms with Gasteiger partial charge in [-0.15, -0.1) is 0 Å². The maximum Gasteiger partial charge on any atom is 0.408 e. The molecule has 146 valence electrons. The van der Waals surface area contributed by atoms with Crippen LogP contribution in [0, 0.1) is 0 Å². The number of hydrogen-bond donors (Lipinski definition) is 3. The third-order valence-corrected chi connectivity index (χ3v) is 5.01. The molecule has 0 radical (unpaired) electrons. The maximum absolute atomic E-state index is 13.1. The smallest absolute Gasteiger partial charge is 0.408 e. The quantitative estimate of drug-likeness (QED) is 0.601. The molecular formula is C20H21N3O4S. The van der Waals surface area contributed by atoms with Crippen LogP contribution in [0.25, 0.3) is 10.8 Å². The van der Waals surface area contributed by atoms with E-state index in [0.29, 0.717) is 22.0 Å². The zero-order valence-electron chi connectivity index (χ0n) is 15.7. The average Bonchev–Trinajstić information content (AvgIpc) is 3.12. The lowest BCUT2D eigenvalue weighted by Crippen LogP contribution is -2.50. The molecule has 2 heterocycles. The lowest BCUT2D eigenvalue weighted by molar-refractivity contribution is -0.122. The summed E-state index contributed by atoms with van der Waals surface area (Å²) in [7, 11) is 0. The molecule has 0 aliphatic rings. The maximum atomic E-state index is 13.1. The number of hydrogen-bond acceptors (Lipinski definition) is 5. The van der Waals surface area contributed by atoms with Crippen LogP contribution in [0.2, 0.25) is 0 Å². The number of amides is 2. The van der Waals surface area contributed by atoms with E-state index in [0.717, 1.165) is 4.90 Å². The van der Waals surface area contributed by atoms with Crippen molar-refractivity contribution in [3.63, 3.8) is 0 Å². The van der Waals surface area contributed by atoms with Gasteiger partial charge in [-0.2, -0.15) is 11.3 Å². The molecule has 2 aromatic heterocycles. The number of nitrogens with one attached hydrogen (secondary N) is 1. The van der Waals surface area contributed by atoms with Gasteiger partial charge >= 0.3 is 6.09 Å². The second-order valence-electron chi connectivity index (χ2n) is 7.34. The number of carbonyl (C=O) groups excluding carboxylic acids is 1. The zero-order valence-corrected chi connectivity index (χ0v) is 16.5. The van der Waals surface area contributed by atoms with E-state index in [2.05, 4.69) is 10.3 Å². The van der Waals surface area contributed by atoms with Gasteiger partial charge in [0.05, 0.1) is 0 Å². The van der Waals surface area contributed by atoms with Crippen molar-refractivity contribution in [3.8, 4) is 5.88 Å². The second kappa shape index (κ2) is 7.47. The Morgan fingerprint density at radius 3 is 2.57 bits per heavy atom. The third kappa shape index (κ3) is 3.91. The molecule has 1 atom stereocenters. The van der Waals surface area contributed by atoms with Crippen molar-refractivity contribution in [2.45, 2.75) is 32.4 Å². The number of thiophene rings is 1. The Balaban J connectivity index is 1.97. The number of pyridine rings is 1. The minimum atomic E-state index is -1.17. The molecular weight excluding hydrogens is 378 g/mol. The number of carboxylic acid groups (broad SMARTS) is 1. The number of anilines is 1. The number of nitrogens with zero attached hydrogens (tertiary/aromatic N) is 2. The summed E-state index contributed by atoms with van der Waals surface area (Å²) in [5.74, 6) is -0.537. The van der Waals surface area contributed by atoms with Crippen molar-refractivity contribution >= 4 is 39.8 Å². The Bertz CT molecular complexity index is 1010. The summed E-state index contributed by atoms with van der Waals surface area (Å²) in [6, 6.07) is 7.49. The van der Waals surface area contributed by atoms with Crippen LogP contribution >= 0.6 is 11.3 Å². The Morgan fingerprint density at radius 1 is 1.21 bits per heavy atom. The highest BCUT2D eigenvalue weighted by atomic mass is 32.1. The van der Waals surface area contributed by atoms with Crippen LogP contribution in [0.3, 0.4) is 0 Å². The lowest BCUT2D eigenvalue weighted by Gasteiger charge is -2.38. The Morgan fingerprint density at radius 2 is 1.96 bits per heavy atom. The number of aromatic nitrogens is 1. The number of carbonyl (C=O) groups is 2. The van der Waals surface area contributed by atoms with E-state index < -0.39 is 23.6 Å². The predicted octanol–water partition coefficient (Wildman–Crippen LogP) is 4.46. The van der Waals surface area contributed by atoms with Crippen molar-refractivity contribution in [1.29, 1.82) is 0 Å². The van der Waals surface area contributed by atoms with Gasteiger partial charge in [-0.25, -0.2) is 9.78 Å². The molecule has 0 fully saturated rings. The van der Waals surface area contributed by atoms with E-state index in [1.807, 2.05) is 5.38 Å². The molecule has 0 bridgehead atoms. The molecule has 0 saturated carbocycles. The normalized spacial score (nSPS) is 12.5. The highest BCUT2D eigenvalue weighted by molar-refractivity contribution is 7.08. The monoisotopic (exact) mass is 399 g/mol. The van der Waals surface area contributed by atoms with E-state index in [1.54, 1.807) is 56.5 Å². The van der Waals surface area contributed by atoms with Crippen LogP contribution in [0.4, 0.5) is 10.5 Å². The first-order chi connectivity index (χ1) is 13.2. The van der Waals surface area contributed by atoms with Crippen molar-refractivity contribution in [1.82, 2.24) is 9.88 Å². The van der Waals surface area contributed by atoms with Crippen molar-refractivity contribution in [2.24, 2.45) is 0 Å². The highest BCUT2D eigenvalue weighted by Crippen LogP contribution is 2.32. The Kier molecular flexibility index (Phi) is 5.24. The van der Waals surface area contributed by atoms with Gasteiger partial charge in [0.25, 0.3) is 5.91 Å². The van der Waals surface area contributed by atoms with Crippen LogP contribution in [0.15, 0.2) is 47.3 Å². The summed E-state index contributed by atoms with van der Waals surface area (Å²) < 4.78 is 0. The van der Waals surface area contributed by atoms with E-state index in [-0.39, 0.29) is 5.88 Å². The highest BCUT2D eigenvalue weighted by Gasteiger charge is 2.38. The van der Waals surface area contributed by atoms with Gasteiger partial charge in [0.1, 0.15) is 6.04 Å². The third-order valence-electron chi connectivity index (χ3n) is 4.31. The second-order valence-corrected chi connectivity index (χ2v) is 8.12. The molecule has 3 N–H and O–H groups in total. The molecule has 2 amide bonds. The minimum absolute atomic E-state index is 0.0867. The van der Waals surface area contributed by atoms with E-state index >= 15 is 0 Å². The largest absolute Gasteiger partial charge is 0.493 e. The zero-order chi connectivity index (χ0) is 20.5. The standard InChI is InChI=1S/C20H21N3O4S/c1-20(2,3)23(19(26)27)16(13-7-9-28-11-13)18(25)22-14-4-5-15-12(10-14)6-8-21-17(15)24/h4-11,16H,1-3H3,(H,21,24)(H,22,25)(H,26,27)/t16-/m1/s1. The fourth-order valence-corrected chi connectivity index (χ4v) is 3.76. The molecule has 0 aliphatic carbocycles. The number of aromatic hydroxyl groups is 1. The van der Waals surface area contributed by atoms with Crippen LogP contribution < -0.4 is 5.32 Å². The van der Waals surface area contributed by atoms with Gasteiger partial charge in [-0.1, -0.05) is 0 Å². The van der Waals surface area contributed by atoms with Crippen LogP contribution in [-0.2, 0) is 4.79 Å². The van der Waals surface area contributed by atoms with E-state index in [4.69, 9.17) is 0 Å². The van der Waals surface area contributed by atoms with Crippen LogP contribution in [0.5, 0.6) is 5.88 Å². The Hall–Kier alpha value is -3.13. The van der Waals surface area contributed by atoms with Gasteiger partial charge in [0.2, 0.25) is 5.88 Å². The fraction of sp³-hybridized carbons (Fsp3) is 0.250. The molecule has 28 heavy (non-hydrogen) atoms. The van der Waals surface area contributed by atoms with Gasteiger partial charge in [0, 0.05) is 22.8 Å². The van der Waals surface area contributed by atoms with Crippen LogP contribution in [0.1, 0.15) is 32.4 Å². The average molecular weight is 399 g/mol. The molecule has 1 aromatic carbocycles. The Labute approximate surface area is 166 Å². The minimum Gasteiger partial charge on any atom is -0.493 e. The number of fused-ring (bicyclic) bond motifs is 1. The first-order valence-electron chi connectivity index (χ1n) is 8.61. The molecule has 0 aliphatic heterocycles. The molecule has 7 nitrogen and oxygen atoms in total. The molecule has 8 heteroatoms. The molecule has 3 aromatic rings. The summed E-state index contributed by atoms with van der Waals surface area (Å²) in [6.07, 6.45) is 0.303. The first kappa shape index (κ1) is 19.6. The molecule has 0 saturated heterocycles. The summed E-state index contributed by atoms with van der Waals surface area (Å²) >= 11 is 1.40. The van der Waals surface area contributed by atoms with Crippen molar-refractivity contribution < 1.29 is 19.8 Å². The number of rotatable bonds is 4. The van der Waals surface area contributed by atoms with Gasteiger partial charge in [-0.05, 0) is 72.8 Å². The van der Waals surface area contributed by atoms with Crippen molar-refractivity contribution in [2.75, 3.05) is 5.32 Å². The van der Waals surface area contributed by atoms with Gasteiger partial charge < -0.3 is 15.5 Å². The fourth-order valence-electron chi connectivity index (χ4n) is 3.08. The molecule has 3 rings (SSSR count). The van der Waals surface area contributed by atoms with Crippen molar-refractivity contribution in [3.05, 3.63) is 52.9 Å². The SMILES string of the molecule is CC(C)(C)N(C(=O)O)[C@@H](C(=O)Nc1ccc2c(O)nccc2c1)c1ccsc1. The summed E-state index contributed by atoms with van der Waals surface area (Å²) in [5.41, 5.74) is 0.335. The molecule has 0 spiro atoms. The van der Waals surface area contributed by atoms with Gasteiger partial charge in [-0.3, -0.25) is 9.69 Å². The first-order valence-corrected chi connectivity index (χ1v) is 9.55. The summed E-state index contributed by atoms with van der Waals surface area (Å²) in [5, 5.41) is 27.3. The summed E-state index contributed by atoms with van der Waals surface area (Å²) in [6.45, 7) is 5.25. The predicted molar refractivity (Wildman–Crippen MR) is 109 cm³/mol. The van der Waals surface area contributed by atoms with Crippen LogP contribution in [-0.4, -0.2) is 37.6 Å². The topological polar surface area (TPSA) is 103 Å². The molecule has 0 unspecified atom stereocenters. The lowest BCUT2D eigenvalue weighted by atomic mass is 9.99. The van der Waals surface area contributed by atoms with Gasteiger partial charge in [0.15, 0.2) is 0 Å². The summed E-state index contributed by atoms with van der Waals surface area (Å²) in [4.78, 5) is 30.1. The number of benzene rings is 1.